The number of benzene rings is 1. The first-order chi connectivity index (χ1) is 8.40. The van der Waals surface area contributed by atoms with Crippen LogP contribution in [0.3, 0.4) is 0 Å². The Morgan fingerprint density at radius 1 is 1.29 bits per heavy atom. The van der Waals surface area contributed by atoms with E-state index < -0.39 is 0 Å². The number of hydrogen-bond donors (Lipinski definition) is 1. The van der Waals surface area contributed by atoms with Gasteiger partial charge in [0.2, 0.25) is 0 Å². The molecule has 2 heteroatoms. The smallest absolute Gasteiger partial charge is 0.109 e. The van der Waals surface area contributed by atoms with Gasteiger partial charge >= 0.3 is 0 Å². The Morgan fingerprint density at radius 3 is 2.76 bits per heavy atom. The van der Waals surface area contributed by atoms with Gasteiger partial charge in [-0.3, -0.25) is 0 Å². The van der Waals surface area contributed by atoms with E-state index in [0.29, 0.717) is 6.04 Å². The van der Waals surface area contributed by atoms with Crippen molar-refractivity contribution in [3.8, 4) is 0 Å². The van der Waals surface area contributed by atoms with Gasteiger partial charge in [-0.05, 0) is 37.4 Å². The Kier molecular flexibility index (Phi) is 4.63. The second-order valence-corrected chi connectivity index (χ2v) is 4.40. The predicted molar refractivity (Wildman–Crippen MR) is 70.9 cm³/mol. The Bertz CT molecular complexity index is 358. The molecule has 2 rings (SSSR count). The molecule has 92 valence electrons. The van der Waals surface area contributed by atoms with Crippen LogP contribution in [0.5, 0.6) is 0 Å². The van der Waals surface area contributed by atoms with Crippen molar-refractivity contribution in [3.05, 3.63) is 47.7 Å². The first-order valence-electron chi connectivity index (χ1n) is 6.50. The quantitative estimate of drug-likeness (QED) is 0.841. The van der Waals surface area contributed by atoms with Crippen molar-refractivity contribution in [1.29, 1.82) is 0 Å². The van der Waals surface area contributed by atoms with E-state index in [1.807, 2.05) is 0 Å². The lowest BCUT2D eigenvalue weighted by Crippen LogP contribution is -2.34. The zero-order valence-corrected chi connectivity index (χ0v) is 10.5. The number of rotatable bonds is 5. The Hall–Kier alpha value is -1.28. The number of nitrogens with one attached hydrogen (secondary N) is 1. The maximum atomic E-state index is 5.76. The van der Waals surface area contributed by atoms with Crippen molar-refractivity contribution in [2.45, 2.75) is 32.2 Å². The number of hydrogen-bond acceptors (Lipinski definition) is 2. The minimum absolute atomic E-state index is 0.322. The lowest BCUT2D eigenvalue weighted by atomic mass is 10.0. The Labute approximate surface area is 104 Å². The molecular formula is C15H21NO. The van der Waals surface area contributed by atoms with Crippen molar-refractivity contribution >= 4 is 0 Å². The van der Waals surface area contributed by atoms with E-state index in [-0.39, 0.29) is 0 Å². The fourth-order valence-electron chi connectivity index (χ4n) is 2.19. The number of ether oxygens (including phenoxy) is 1. The van der Waals surface area contributed by atoms with Crippen LogP contribution in [0.4, 0.5) is 0 Å². The summed E-state index contributed by atoms with van der Waals surface area (Å²) in [6.45, 7) is 3.97. The average Bonchev–Trinajstić information content (AvgIpc) is 2.40. The lowest BCUT2D eigenvalue weighted by Gasteiger charge is -2.24. The monoisotopic (exact) mass is 231 g/mol. The van der Waals surface area contributed by atoms with E-state index >= 15 is 0 Å². The van der Waals surface area contributed by atoms with Crippen LogP contribution in [0.1, 0.15) is 25.3 Å². The van der Waals surface area contributed by atoms with Gasteiger partial charge in [-0.2, -0.15) is 0 Å². The highest BCUT2D eigenvalue weighted by Crippen LogP contribution is 2.17. The molecule has 1 aromatic rings. The first kappa shape index (κ1) is 12.2. The molecule has 0 saturated carbocycles. The second kappa shape index (κ2) is 6.45. The van der Waals surface area contributed by atoms with Crippen LogP contribution in [0.25, 0.3) is 0 Å². The van der Waals surface area contributed by atoms with Crippen molar-refractivity contribution in [3.63, 3.8) is 0 Å². The van der Waals surface area contributed by atoms with Gasteiger partial charge < -0.3 is 10.1 Å². The second-order valence-electron chi connectivity index (χ2n) is 4.40. The van der Waals surface area contributed by atoms with Crippen LogP contribution < -0.4 is 5.32 Å². The first-order valence-corrected chi connectivity index (χ1v) is 6.50. The predicted octanol–water partition coefficient (Wildman–Crippen LogP) is 2.90. The largest absolute Gasteiger partial charge is 0.497 e. The molecule has 1 aliphatic rings. The molecular weight excluding hydrogens is 210 g/mol. The summed E-state index contributed by atoms with van der Waals surface area (Å²) in [6, 6.07) is 10.9. The van der Waals surface area contributed by atoms with Gasteiger partial charge in [0.25, 0.3) is 0 Å². The minimum Gasteiger partial charge on any atom is -0.497 e. The van der Waals surface area contributed by atoms with E-state index in [9.17, 15) is 0 Å². The molecule has 0 aromatic heterocycles. The normalized spacial score (nSPS) is 17.1. The topological polar surface area (TPSA) is 21.3 Å². The van der Waals surface area contributed by atoms with Crippen molar-refractivity contribution in [2.24, 2.45) is 0 Å². The standard InChI is InChI=1S/C15H21NO/c1-2-16-14(15-10-6-7-11-17-15)12-13-8-4-3-5-9-13/h3-5,8-10,14,16H,2,6-7,11-12H2,1H3. The summed E-state index contributed by atoms with van der Waals surface area (Å²) in [6.07, 6.45) is 5.53. The van der Waals surface area contributed by atoms with E-state index in [4.69, 9.17) is 4.74 Å². The summed E-state index contributed by atoms with van der Waals surface area (Å²) < 4.78 is 5.76. The van der Waals surface area contributed by atoms with Gasteiger partial charge in [-0.25, -0.2) is 0 Å². The number of allylic oxidation sites excluding steroid dienone is 1. The molecule has 1 aliphatic heterocycles. The van der Waals surface area contributed by atoms with Gasteiger partial charge in [0.05, 0.1) is 12.6 Å². The number of likely N-dealkylation sites (N-methyl/N-ethyl adjacent to an activating group) is 1. The molecule has 0 aliphatic carbocycles. The summed E-state index contributed by atoms with van der Waals surface area (Å²) in [5.74, 6) is 1.13. The van der Waals surface area contributed by atoms with Crippen LogP contribution >= 0.6 is 0 Å². The molecule has 0 saturated heterocycles. The maximum Gasteiger partial charge on any atom is 0.109 e. The highest BCUT2D eigenvalue weighted by atomic mass is 16.5. The maximum absolute atomic E-state index is 5.76. The average molecular weight is 231 g/mol. The van der Waals surface area contributed by atoms with Crippen molar-refractivity contribution < 1.29 is 4.74 Å². The molecule has 1 N–H and O–H groups in total. The molecule has 1 unspecified atom stereocenters. The summed E-state index contributed by atoms with van der Waals surface area (Å²) in [7, 11) is 0. The summed E-state index contributed by atoms with van der Waals surface area (Å²) in [4.78, 5) is 0. The lowest BCUT2D eigenvalue weighted by molar-refractivity contribution is 0.167. The van der Waals surface area contributed by atoms with Crippen molar-refractivity contribution in [1.82, 2.24) is 5.32 Å². The molecule has 0 radical (unpaired) electrons. The molecule has 1 heterocycles. The zero-order chi connectivity index (χ0) is 11.9. The van der Waals surface area contributed by atoms with Gasteiger partial charge in [-0.15, -0.1) is 0 Å². The molecule has 2 nitrogen and oxygen atoms in total. The third-order valence-electron chi connectivity index (χ3n) is 3.04. The molecule has 0 spiro atoms. The van der Waals surface area contributed by atoms with Crippen molar-refractivity contribution in [2.75, 3.05) is 13.2 Å². The van der Waals surface area contributed by atoms with E-state index in [2.05, 4.69) is 48.6 Å². The zero-order valence-electron chi connectivity index (χ0n) is 10.5. The molecule has 1 atom stereocenters. The van der Waals surface area contributed by atoms with Crippen LogP contribution in [0.15, 0.2) is 42.2 Å². The van der Waals surface area contributed by atoms with E-state index in [0.717, 1.165) is 38.2 Å². The third-order valence-corrected chi connectivity index (χ3v) is 3.04. The van der Waals surface area contributed by atoms with Crippen LogP contribution in [-0.4, -0.2) is 19.2 Å². The molecule has 1 aromatic carbocycles. The summed E-state index contributed by atoms with van der Waals surface area (Å²) in [5.41, 5.74) is 1.36. The van der Waals surface area contributed by atoms with E-state index in [1.165, 1.54) is 5.56 Å². The van der Waals surface area contributed by atoms with E-state index in [1.54, 1.807) is 0 Å². The molecule has 17 heavy (non-hydrogen) atoms. The highest BCUT2D eigenvalue weighted by molar-refractivity contribution is 5.19. The minimum atomic E-state index is 0.322. The van der Waals surface area contributed by atoms with Gasteiger partial charge in [-0.1, -0.05) is 37.3 Å². The third kappa shape index (κ3) is 3.60. The summed E-state index contributed by atoms with van der Waals surface area (Å²) in [5, 5.41) is 3.51. The Balaban J connectivity index is 2.04. The summed E-state index contributed by atoms with van der Waals surface area (Å²) >= 11 is 0. The van der Waals surface area contributed by atoms with Crippen LogP contribution in [0, 0.1) is 0 Å². The fraction of sp³-hybridized carbons (Fsp3) is 0.467. The van der Waals surface area contributed by atoms with Crippen LogP contribution in [0.2, 0.25) is 0 Å². The van der Waals surface area contributed by atoms with Gasteiger partial charge in [0.15, 0.2) is 0 Å². The van der Waals surface area contributed by atoms with Gasteiger partial charge in [0, 0.05) is 0 Å². The van der Waals surface area contributed by atoms with Crippen LogP contribution in [-0.2, 0) is 11.2 Å². The Morgan fingerprint density at radius 2 is 2.12 bits per heavy atom. The molecule has 0 amide bonds. The fourth-order valence-corrected chi connectivity index (χ4v) is 2.19. The molecule has 0 bridgehead atoms. The molecule has 0 fully saturated rings. The highest BCUT2D eigenvalue weighted by Gasteiger charge is 2.17. The van der Waals surface area contributed by atoms with Gasteiger partial charge in [0.1, 0.15) is 5.76 Å². The SMILES string of the molecule is CCNC(Cc1ccccc1)C1=CCCCO1.